The van der Waals surface area contributed by atoms with Crippen LogP contribution >= 0.6 is 11.8 Å². The summed E-state index contributed by atoms with van der Waals surface area (Å²) < 4.78 is 7.35. The lowest BCUT2D eigenvalue weighted by Crippen LogP contribution is -2.37. The topological polar surface area (TPSA) is 85.2 Å². The van der Waals surface area contributed by atoms with Gasteiger partial charge in [0, 0.05) is 31.8 Å². The van der Waals surface area contributed by atoms with Gasteiger partial charge in [0.25, 0.3) is 0 Å². The molecule has 1 N–H and O–H groups in total. The lowest BCUT2D eigenvalue weighted by Gasteiger charge is -2.28. The van der Waals surface area contributed by atoms with Crippen molar-refractivity contribution in [3.05, 3.63) is 6.20 Å². The molecule has 1 saturated heterocycles. The summed E-state index contributed by atoms with van der Waals surface area (Å²) in [6.45, 7) is 10.4. The second-order valence-corrected chi connectivity index (χ2v) is 8.39. The van der Waals surface area contributed by atoms with Crippen molar-refractivity contribution in [2.24, 2.45) is 5.92 Å². The van der Waals surface area contributed by atoms with Gasteiger partial charge in [0.1, 0.15) is 5.82 Å². The van der Waals surface area contributed by atoms with Crippen LogP contribution in [-0.4, -0.2) is 64.3 Å². The van der Waals surface area contributed by atoms with Crippen LogP contribution in [0.1, 0.15) is 33.6 Å². The third-order valence-corrected chi connectivity index (χ3v) is 5.49. The number of thioether (sulfide) groups is 1. The maximum atomic E-state index is 11.9. The Kier molecular flexibility index (Phi) is 7.50. The van der Waals surface area contributed by atoms with Gasteiger partial charge in [-0.1, -0.05) is 32.5 Å². The number of aromatic nitrogens is 4. The van der Waals surface area contributed by atoms with E-state index in [2.05, 4.69) is 22.2 Å². The Morgan fingerprint density at radius 3 is 2.82 bits per heavy atom. The number of hydrogen-bond donors (Lipinski definition) is 1. The van der Waals surface area contributed by atoms with Crippen molar-refractivity contribution < 1.29 is 9.53 Å². The van der Waals surface area contributed by atoms with E-state index in [-0.39, 0.29) is 5.91 Å². The number of hydrogen-bond acceptors (Lipinski definition) is 7. The van der Waals surface area contributed by atoms with Crippen LogP contribution in [0.4, 0.5) is 5.82 Å². The summed E-state index contributed by atoms with van der Waals surface area (Å²) >= 11 is 1.67. The number of fused-ring (bicyclic) bond motifs is 1. The van der Waals surface area contributed by atoms with Crippen molar-refractivity contribution in [3.8, 4) is 0 Å². The molecule has 0 unspecified atom stereocenters. The van der Waals surface area contributed by atoms with Gasteiger partial charge >= 0.3 is 0 Å². The zero-order valence-electron chi connectivity index (χ0n) is 17.0. The van der Waals surface area contributed by atoms with E-state index in [1.807, 2.05) is 24.7 Å². The van der Waals surface area contributed by atoms with Gasteiger partial charge in [-0.05, 0) is 12.3 Å². The Balaban J connectivity index is 1.80. The quantitative estimate of drug-likeness (QED) is 0.505. The average Bonchev–Trinajstić information content (AvgIpc) is 3.09. The van der Waals surface area contributed by atoms with E-state index < -0.39 is 0 Å². The highest BCUT2D eigenvalue weighted by Gasteiger charge is 2.20. The van der Waals surface area contributed by atoms with E-state index in [0.29, 0.717) is 38.6 Å². The van der Waals surface area contributed by atoms with Gasteiger partial charge in [-0.15, -0.1) is 0 Å². The third-order valence-electron chi connectivity index (χ3n) is 4.44. The van der Waals surface area contributed by atoms with Gasteiger partial charge in [-0.3, -0.25) is 4.79 Å². The molecule has 8 nitrogen and oxygen atoms in total. The van der Waals surface area contributed by atoms with E-state index >= 15 is 0 Å². The fourth-order valence-corrected chi connectivity index (χ4v) is 3.79. The number of anilines is 1. The summed E-state index contributed by atoms with van der Waals surface area (Å²) in [4.78, 5) is 23.7. The van der Waals surface area contributed by atoms with E-state index in [9.17, 15) is 4.79 Å². The van der Waals surface area contributed by atoms with Crippen molar-refractivity contribution in [3.63, 3.8) is 0 Å². The molecule has 154 valence electrons. The monoisotopic (exact) mass is 406 g/mol. The zero-order chi connectivity index (χ0) is 19.9. The van der Waals surface area contributed by atoms with Gasteiger partial charge in [0.15, 0.2) is 10.8 Å². The molecule has 1 amide bonds. The molecular formula is C19H30N6O2S. The van der Waals surface area contributed by atoms with E-state index in [0.717, 1.165) is 47.3 Å². The van der Waals surface area contributed by atoms with Crippen molar-refractivity contribution in [1.29, 1.82) is 0 Å². The predicted octanol–water partition coefficient (Wildman–Crippen LogP) is 2.33. The Hall–Kier alpha value is -1.87. The normalized spacial score (nSPS) is 14.8. The maximum Gasteiger partial charge on any atom is 0.220 e. The summed E-state index contributed by atoms with van der Waals surface area (Å²) in [5, 5.41) is 9.23. The third kappa shape index (κ3) is 5.35. The molecule has 9 heteroatoms. The van der Waals surface area contributed by atoms with Crippen molar-refractivity contribution in [2.45, 2.75) is 45.3 Å². The standard InChI is InChI=1S/C19H30N6O2S/c1-4-11-28-19-22-17(24-7-9-27-10-8-24)15-13-21-25(18(15)23-19)6-5-20-16(26)12-14(2)3/h13-14H,4-12H2,1-3H3,(H,20,26). The molecule has 0 saturated carbocycles. The SMILES string of the molecule is CCCSc1nc(N2CCOCC2)c2cnn(CCNC(=O)CC(C)C)c2n1. The van der Waals surface area contributed by atoms with Crippen LogP contribution in [0.5, 0.6) is 0 Å². The highest BCUT2D eigenvalue weighted by Crippen LogP contribution is 2.28. The summed E-state index contributed by atoms with van der Waals surface area (Å²) in [6, 6.07) is 0. The summed E-state index contributed by atoms with van der Waals surface area (Å²) in [7, 11) is 0. The molecule has 1 aliphatic rings. The number of nitrogens with one attached hydrogen (secondary N) is 1. The highest BCUT2D eigenvalue weighted by molar-refractivity contribution is 7.99. The second-order valence-electron chi connectivity index (χ2n) is 7.33. The molecule has 0 spiro atoms. The number of rotatable bonds is 9. The molecule has 0 atom stereocenters. The van der Waals surface area contributed by atoms with Crippen LogP contribution in [-0.2, 0) is 16.1 Å². The molecular weight excluding hydrogens is 376 g/mol. The molecule has 2 aromatic rings. The molecule has 2 aromatic heterocycles. The molecule has 0 radical (unpaired) electrons. The minimum Gasteiger partial charge on any atom is -0.378 e. The first-order valence-corrected chi connectivity index (χ1v) is 11.0. The van der Waals surface area contributed by atoms with Crippen LogP contribution < -0.4 is 10.2 Å². The summed E-state index contributed by atoms with van der Waals surface area (Å²) in [5.41, 5.74) is 0.827. The van der Waals surface area contributed by atoms with Crippen LogP contribution in [0.2, 0.25) is 0 Å². The molecule has 0 bridgehead atoms. The molecule has 3 heterocycles. The lowest BCUT2D eigenvalue weighted by atomic mass is 10.1. The molecule has 1 aliphatic heterocycles. The number of carbonyl (C=O) groups is 1. The first kappa shape index (κ1) is 20.9. The molecule has 3 rings (SSSR count). The van der Waals surface area contributed by atoms with E-state index in [4.69, 9.17) is 14.7 Å². The predicted molar refractivity (Wildman–Crippen MR) is 112 cm³/mol. The smallest absolute Gasteiger partial charge is 0.220 e. The highest BCUT2D eigenvalue weighted by atomic mass is 32.2. The van der Waals surface area contributed by atoms with Gasteiger partial charge < -0.3 is 15.0 Å². The maximum absolute atomic E-state index is 11.9. The largest absolute Gasteiger partial charge is 0.378 e. The van der Waals surface area contributed by atoms with E-state index in [1.165, 1.54) is 0 Å². The van der Waals surface area contributed by atoms with Crippen LogP contribution in [0.25, 0.3) is 11.0 Å². The summed E-state index contributed by atoms with van der Waals surface area (Å²) in [6.07, 6.45) is 3.45. The van der Waals surface area contributed by atoms with Gasteiger partial charge in [-0.2, -0.15) is 5.10 Å². The van der Waals surface area contributed by atoms with Crippen LogP contribution in [0.15, 0.2) is 11.4 Å². The molecule has 0 aromatic carbocycles. The fourth-order valence-electron chi connectivity index (χ4n) is 3.10. The zero-order valence-corrected chi connectivity index (χ0v) is 17.8. The number of carbonyl (C=O) groups excluding carboxylic acids is 1. The van der Waals surface area contributed by atoms with Gasteiger partial charge in [0.2, 0.25) is 5.91 Å². The van der Waals surface area contributed by atoms with Crippen molar-refractivity contribution in [2.75, 3.05) is 43.5 Å². The molecule has 28 heavy (non-hydrogen) atoms. The second kappa shape index (κ2) is 10.1. The number of amides is 1. The van der Waals surface area contributed by atoms with Crippen molar-refractivity contribution >= 4 is 34.5 Å². The minimum absolute atomic E-state index is 0.0780. The Bertz CT molecular complexity index is 788. The molecule has 0 aliphatic carbocycles. The van der Waals surface area contributed by atoms with Gasteiger partial charge in [0.05, 0.1) is 31.3 Å². The number of nitrogens with zero attached hydrogens (tertiary/aromatic N) is 5. The van der Waals surface area contributed by atoms with Crippen LogP contribution in [0.3, 0.4) is 0 Å². The Morgan fingerprint density at radius 2 is 2.11 bits per heavy atom. The van der Waals surface area contributed by atoms with E-state index in [1.54, 1.807) is 11.8 Å². The number of ether oxygens (including phenoxy) is 1. The van der Waals surface area contributed by atoms with Gasteiger partial charge in [-0.25, -0.2) is 14.6 Å². The Morgan fingerprint density at radius 1 is 1.32 bits per heavy atom. The first-order valence-electron chi connectivity index (χ1n) is 10.0. The minimum atomic E-state index is 0.0780. The Labute approximate surface area is 170 Å². The molecule has 1 fully saturated rings. The van der Waals surface area contributed by atoms with Crippen LogP contribution in [0, 0.1) is 5.92 Å². The number of morpholine rings is 1. The average molecular weight is 407 g/mol. The summed E-state index contributed by atoms with van der Waals surface area (Å²) in [5.74, 6) is 2.34. The fraction of sp³-hybridized carbons (Fsp3) is 0.684. The lowest BCUT2D eigenvalue weighted by molar-refractivity contribution is -0.121. The van der Waals surface area contributed by atoms with Crippen molar-refractivity contribution in [1.82, 2.24) is 25.1 Å². The first-order chi connectivity index (χ1) is 13.6.